The van der Waals surface area contributed by atoms with Gasteiger partial charge in [-0.3, -0.25) is 9.59 Å². The van der Waals surface area contributed by atoms with E-state index in [4.69, 9.17) is 9.47 Å². The molecule has 0 saturated carbocycles. The lowest BCUT2D eigenvalue weighted by atomic mass is 9.87. The number of nitrogens with zero attached hydrogens (tertiary/aromatic N) is 2. The quantitative estimate of drug-likeness (QED) is 0.759. The third kappa shape index (κ3) is 3.56. The summed E-state index contributed by atoms with van der Waals surface area (Å²) < 4.78 is 11.7. The van der Waals surface area contributed by atoms with Crippen molar-refractivity contribution in [3.05, 3.63) is 0 Å². The summed E-state index contributed by atoms with van der Waals surface area (Å²) in [6.45, 7) is 4.72. The Morgan fingerprint density at radius 1 is 0.800 bits per heavy atom. The van der Waals surface area contributed by atoms with E-state index in [1.165, 1.54) is 0 Å². The SMILES string of the molecule is O=C(C1CCOCC1)N1CCC2(CCC(C(=O)N3CCCC3)O2)CC1. The van der Waals surface area contributed by atoms with Crippen LogP contribution in [-0.2, 0) is 19.1 Å². The van der Waals surface area contributed by atoms with Gasteiger partial charge in [0.05, 0.1) is 5.60 Å². The lowest BCUT2D eigenvalue weighted by Crippen LogP contribution is -2.49. The number of ether oxygens (including phenoxy) is 2. The average Bonchev–Trinajstić information content (AvgIpc) is 3.33. The van der Waals surface area contributed by atoms with Crippen molar-refractivity contribution in [2.24, 2.45) is 5.92 Å². The summed E-state index contributed by atoms with van der Waals surface area (Å²) in [5.41, 5.74) is -0.174. The summed E-state index contributed by atoms with van der Waals surface area (Å²) in [6, 6.07) is 0. The Balaban J connectivity index is 1.29. The largest absolute Gasteiger partial charge is 0.381 e. The van der Waals surface area contributed by atoms with Gasteiger partial charge in [0.2, 0.25) is 5.91 Å². The lowest BCUT2D eigenvalue weighted by molar-refractivity contribution is -0.154. The van der Waals surface area contributed by atoms with Gasteiger partial charge in [-0.2, -0.15) is 0 Å². The van der Waals surface area contributed by atoms with E-state index in [9.17, 15) is 9.59 Å². The minimum Gasteiger partial charge on any atom is -0.381 e. The normalized spacial score (nSPS) is 30.2. The predicted molar refractivity (Wildman–Crippen MR) is 92.0 cm³/mol. The monoisotopic (exact) mass is 350 g/mol. The van der Waals surface area contributed by atoms with E-state index in [1.54, 1.807) is 0 Å². The summed E-state index contributed by atoms with van der Waals surface area (Å²) in [5.74, 6) is 0.618. The van der Waals surface area contributed by atoms with Crippen molar-refractivity contribution >= 4 is 11.8 Å². The van der Waals surface area contributed by atoms with Crippen molar-refractivity contribution in [3.8, 4) is 0 Å². The van der Waals surface area contributed by atoms with Gasteiger partial charge in [-0.05, 0) is 51.4 Å². The Bertz CT molecular complexity index is 504. The molecule has 2 amide bonds. The van der Waals surface area contributed by atoms with Crippen LogP contribution in [0.5, 0.6) is 0 Å². The van der Waals surface area contributed by atoms with Crippen LogP contribution >= 0.6 is 0 Å². The van der Waals surface area contributed by atoms with Crippen molar-refractivity contribution in [2.75, 3.05) is 39.4 Å². The van der Waals surface area contributed by atoms with Crippen LogP contribution in [0.2, 0.25) is 0 Å². The molecule has 140 valence electrons. The van der Waals surface area contributed by atoms with E-state index in [2.05, 4.69) is 0 Å². The van der Waals surface area contributed by atoms with Crippen molar-refractivity contribution in [1.29, 1.82) is 0 Å². The summed E-state index contributed by atoms with van der Waals surface area (Å²) in [4.78, 5) is 29.2. The third-order valence-electron chi connectivity index (χ3n) is 6.50. The van der Waals surface area contributed by atoms with Crippen LogP contribution < -0.4 is 0 Å². The fourth-order valence-electron chi connectivity index (χ4n) is 4.83. The smallest absolute Gasteiger partial charge is 0.251 e. The Morgan fingerprint density at radius 3 is 2.12 bits per heavy atom. The highest BCUT2D eigenvalue weighted by atomic mass is 16.5. The maximum atomic E-state index is 12.7. The topological polar surface area (TPSA) is 59.1 Å². The molecule has 0 aliphatic carbocycles. The number of carbonyl (C=O) groups excluding carboxylic acids is 2. The minimum absolute atomic E-state index is 0.136. The van der Waals surface area contributed by atoms with Gasteiger partial charge in [0.25, 0.3) is 5.91 Å². The van der Waals surface area contributed by atoms with Crippen LogP contribution in [0.3, 0.4) is 0 Å². The minimum atomic E-state index is -0.254. The Kier molecular flexibility index (Phi) is 5.00. The number of piperidine rings is 1. The molecule has 0 aromatic heterocycles. The van der Waals surface area contributed by atoms with E-state index >= 15 is 0 Å². The number of carbonyl (C=O) groups is 2. The second-order valence-corrected chi connectivity index (χ2v) is 8.07. The zero-order valence-electron chi connectivity index (χ0n) is 15.1. The molecule has 0 radical (unpaired) electrons. The molecule has 0 aromatic carbocycles. The predicted octanol–water partition coefficient (Wildman–Crippen LogP) is 1.58. The van der Waals surface area contributed by atoms with Gasteiger partial charge in [0.1, 0.15) is 6.10 Å². The molecule has 4 heterocycles. The fourth-order valence-corrected chi connectivity index (χ4v) is 4.83. The summed E-state index contributed by atoms with van der Waals surface area (Å²) >= 11 is 0. The Morgan fingerprint density at radius 2 is 1.44 bits per heavy atom. The Labute approximate surface area is 149 Å². The molecule has 25 heavy (non-hydrogen) atoms. The van der Waals surface area contributed by atoms with Gasteiger partial charge in [-0.25, -0.2) is 0 Å². The highest BCUT2D eigenvalue weighted by Crippen LogP contribution is 2.40. The first-order valence-electron chi connectivity index (χ1n) is 10.0. The molecule has 1 atom stereocenters. The summed E-state index contributed by atoms with van der Waals surface area (Å²) in [5, 5.41) is 0. The first-order chi connectivity index (χ1) is 12.2. The van der Waals surface area contributed by atoms with E-state index in [0.29, 0.717) is 19.1 Å². The summed E-state index contributed by atoms with van der Waals surface area (Å²) in [6.07, 6.45) is 7.21. The number of likely N-dealkylation sites (tertiary alicyclic amines) is 2. The molecule has 6 heteroatoms. The highest BCUT2D eigenvalue weighted by molar-refractivity contribution is 5.81. The fraction of sp³-hybridized carbons (Fsp3) is 0.895. The van der Waals surface area contributed by atoms with Gasteiger partial charge >= 0.3 is 0 Å². The molecule has 0 N–H and O–H groups in total. The van der Waals surface area contributed by atoms with E-state index < -0.39 is 0 Å². The number of rotatable bonds is 2. The maximum absolute atomic E-state index is 12.7. The maximum Gasteiger partial charge on any atom is 0.251 e. The van der Waals surface area contributed by atoms with Crippen LogP contribution in [0.4, 0.5) is 0 Å². The molecule has 4 saturated heterocycles. The van der Waals surface area contributed by atoms with Crippen molar-refractivity contribution in [3.63, 3.8) is 0 Å². The zero-order chi connectivity index (χ0) is 17.3. The van der Waals surface area contributed by atoms with E-state index in [1.807, 2.05) is 9.80 Å². The van der Waals surface area contributed by atoms with Crippen LogP contribution in [0, 0.1) is 5.92 Å². The molecule has 0 bridgehead atoms. The first-order valence-corrected chi connectivity index (χ1v) is 10.0. The van der Waals surface area contributed by atoms with Crippen molar-refractivity contribution in [1.82, 2.24) is 9.80 Å². The average molecular weight is 350 g/mol. The summed E-state index contributed by atoms with van der Waals surface area (Å²) in [7, 11) is 0. The standard InChI is InChI=1S/C19H30N2O4/c22-17(15-4-13-24-14-5-15)21-11-7-19(8-12-21)6-3-16(25-19)18(23)20-9-1-2-10-20/h15-16H,1-14H2. The number of amides is 2. The molecule has 0 aromatic rings. The molecule has 4 aliphatic rings. The van der Waals surface area contributed by atoms with Crippen LogP contribution in [0.1, 0.15) is 51.4 Å². The van der Waals surface area contributed by atoms with E-state index in [-0.39, 0.29) is 23.5 Å². The van der Waals surface area contributed by atoms with Gasteiger partial charge in [-0.15, -0.1) is 0 Å². The second-order valence-electron chi connectivity index (χ2n) is 8.07. The van der Waals surface area contributed by atoms with Crippen LogP contribution in [-0.4, -0.2) is 72.7 Å². The lowest BCUT2D eigenvalue weighted by Gasteiger charge is -2.40. The molecule has 1 spiro atoms. The van der Waals surface area contributed by atoms with Crippen LogP contribution in [0.15, 0.2) is 0 Å². The molecule has 1 unspecified atom stereocenters. The van der Waals surface area contributed by atoms with Gasteiger partial charge < -0.3 is 19.3 Å². The Hall–Kier alpha value is -1.14. The molecule has 4 aliphatic heterocycles. The first kappa shape index (κ1) is 17.3. The van der Waals surface area contributed by atoms with E-state index in [0.717, 1.165) is 77.5 Å². The second kappa shape index (κ2) is 7.23. The van der Waals surface area contributed by atoms with Crippen LogP contribution in [0.25, 0.3) is 0 Å². The molecule has 4 fully saturated rings. The number of hydrogen-bond donors (Lipinski definition) is 0. The molecular weight excluding hydrogens is 320 g/mol. The van der Waals surface area contributed by atoms with Crippen molar-refractivity contribution in [2.45, 2.75) is 63.1 Å². The van der Waals surface area contributed by atoms with Gasteiger partial charge in [0, 0.05) is 45.3 Å². The molecule has 6 nitrogen and oxygen atoms in total. The molecular formula is C19H30N2O4. The third-order valence-corrected chi connectivity index (χ3v) is 6.50. The van der Waals surface area contributed by atoms with Crippen molar-refractivity contribution < 1.29 is 19.1 Å². The van der Waals surface area contributed by atoms with Gasteiger partial charge in [-0.1, -0.05) is 0 Å². The zero-order valence-corrected chi connectivity index (χ0v) is 15.1. The highest BCUT2D eigenvalue weighted by Gasteiger charge is 2.46. The molecule has 4 rings (SSSR count). The van der Waals surface area contributed by atoms with Gasteiger partial charge in [0.15, 0.2) is 0 Å². The number of hydrogen-bond acceptors (Lipinski definition) is 4.